The third-order valence-corrected chi connectivity index (χ3v) is 13.4. The van der Waals surface area contributed by atoms with Crippen molar-refractivity contribution in [1.29, 1.82) is 0 Å². The fraction of sp³-hybridized carbons (Fsp3) is 0.294. The third-order valence-electron chi connectivity index (χ3n) is 8.29. The first-order chi connectivity index (χ1) is 24.5. The fourth-order valence-corrected chi connectivity index (χ4v) is 10.0. The molecule has 0 saturated heterocycles. The first-order valence-corrected chi connectivity index (χ1v) is 19.8. The van der Waals surface area contributed by atoms with Gasteiger partial charge in [-0.25, -0.2) is 21.6 Å². The number of amides is 2. The van der Waals surface area contributed by atoms with Gasteiger partial charge in [0.05, 0.1) is 15.5 Å². The molecule has 14 nitrogen and oxygen atoms in total. The van der Waals surface area contributed by atoms with Gasteiger partial charge in [0, 0.05) is 38.3 Å². The summed E-state index contributed by atoms with van der Waals surface area (Å²) in [6.07, 6.45) is 1.55. The van der Waals surface area contributed by atoms with Crippen LogP contribution in [0.25, 0.3) is 10.6 Å². The van der Waals surface area contributed by atoms with Gasteiger partial charge in [0.2, 0.25) is 31.7 Å². The lowest BCUT2D eigenvalue weighted by Crippen LogP contribution is -2.57. The summed E-state index contributed by atoms with van der Waals surface area (Å²) in [5.41, 5.74) is 1.65. The number of thiophene rings is 1. The van der Waals surface area contributed by atoms with E-state index in [1.54, 1.807) is 73.8 Å². The number of ether oxygens (including phenoxy) is 2. The van der Waals surface area contributed by atoms with Gasteiger partial charge in [-0.05, 0) is 47.9 Å². The predicted octanol–water partition coefficient (Wildman–Crippen LogP) is 1.91. The van der Waals surface area contributed by atoms with E-state index in [1.807, 2.05) is 0 Å². The molecular formula is C34H35N5O9S3. The number of carbonyl (C=O) groups is 3. The van der Waals surface area contributed by atoms with Crippen LogP contribution in [0.2, 0.25) is 0 Å². The number of nitrogens with one attached hydrogen (secondary N) is 3. The molecule has 2 aliphatic rings. The van der Waals surface area contributed by atoms with Crippen LogP contribution in [-0.2, 0) is 47.3 Å². The van der Waals surface area contributed by atoms with Crippen LogP contribution in [0, 0.1) is 0 Å². The lowest BCUT2D eigenvalue weighted by molar-refractivity contribution is -0.140. The molecule has 0 spiro atoms. The summed E-state index contributed by atoms with van der Waals surface area (Å²) >= 11 is 1.04. The largest absolute Gasteiger partial charge is 0.486 e. The summed E-state index contributed by atoms with van der Waals surface area (Å²) in [4.78, 5) is 45.4. The van der Waals surface area contributed by atoms with Gasteiger partial charge >= 0.3 is 0 Å². The minimum Gasteiger partial charge on any atom is -0.486 e. The Morgan fingerprint density at radius 1 is 0.980 bits per heavy atom. The second-order valence-corrected chi connectivity index (χ2v) is 16.6. The smallest absolute Gasteiger partial charge is 0.289 e. The van der Waals surface area contributed by atoms with Gasteiger partial charge < -0.3 is 20.1 Å². The molecule has 6 rings (SSSR count). The normalized spacial score (nSPS) is 17.2. The summed E-state index contributed by atoms with van der Waals surface area (Å²) in [6, 6.07) is 17.6. The van der Waals surface area contributed by atoms with Crippen molar-refractivity contribution in [3.8, 4) is 22.1 Å². The first-order valence-electron chi connectivity index (χ1n) is 16.1. The lowest BCUT2D eigenvalue weighted by atomic mass is 9.99. The van der Waals surface area contributed by atoms with Crippen LogP contribution in [0.1, 0.15) is 18.1 Å². The van der Waals surface area contributed by atoms with Crippen molar-refractivity contribution in [3.63, 3.8) is 0 Å². The predicted molar refractivity (Wildman–Crippen MR) is 187 cm³/mol. The molecule has 0 saturated carbocycles. The molecule has 0 bridgehead atoms. The van der Waals surface area contributed by atoms with Crippen molar-refractivity contribution in [1.82, 2.24) is 24.6 Å². The maximum atomic E-state index is 13.8. The molecule has 4 heterocycles. The summed E-state index contributed by atoms with van der Waals surface area (Å²) in [7, 11) is -8.05. The number of carbonyl (C=O) groups excluding carboxylic acids is 3. The zero-order valence-corrected chi connectivity index (χ0v) is 29.9. The first kappa shape index (κ1) is 36.1. The Kier molecular flexibility index (Phi) is 10.8. The quantitative estimate of drug-likeness (QED) is 0.134. The van der Waals surface area contributed by atoms with Crippen molar-refractivity contribution in [2.45, 2.75) is 41.0 Å². The Hall–Kier alpha value is -4.68. The standard InChI is InChI=1S/C34H35N5O9S3/c1-2-39-26(19-23-20-27-28(48-17-16-47-27)21-30(23)51(39,45)46)33(41)38-25(18-22-8-4-3-5-9-22)32(40)34(42)36-14-15-37-50(43,44)31-12-11-29(49-31)24-10-6-7-13-35-24/h3-13,20-21,25-26,37H,2,14-19H2,1H3,(H,36,42)(H,38,41)/t25-,26?/m0/s1. The fourth-order valence-electron chi connectivity index (χ4n) is 5.85. The number of rotatable bonds is 13. The Morgan fingerprint density at radius 3 is 2.41 bits per heavy atom. The van der Waals surface area contributed by atoms with E-state index < -0.39 is 49.7 Å². The number of benzene rings is 2. The maximum Gasteiger partial charge on any atom is 0.289 e. The topological polar surface area (TPSA) is 190 Å². The molecule has 17 heteroatoms. The summed E-state index contributed by atoms with van der Waals surface area (Å²) in [5, 5.41) is 5.06. The second kappa shape index (κ2) is 15.3. The molecule has 2 aromatic carbocycles. The zero-order chi connectivity index (χ0) is 36.2. The third kappa shape index (κ3) is 7.97. The van der Waals surface area contributed by atoms with Gasteiger partial charge in [-0.3, -0.25) is 19.4 Å². The number of aromatic nitrogens is 1. The summed E-state index contributed by atoms with van der Waals surface area (Å²) in [6.45, 7) is 1.72. The van der Waals surface area contributed by atoms with E-state index in [4.69, 9.17) is 9.47 Å². The van der Waals surface area contributed by atoms with Crippen molar-refractivity contribution < 1.29 is 40.7 Å². The number of Topliss-reactive ketones (excluding diaryl/α,β-unsaturated/α-hetero) is 1. The maximum absolute atomic E-state index is 13.8. The van der Waals surface area contributed by atoms with Crippen LogP contribution >= 0.6 is 11.3 Å². The van der Waals surface area contributed by atoms with E-state index in [0.717, 1.165) is 15.6 Å². The summed E-state index contributed by atoms with van der Waals surface area (Å²) in [5.74, 6) is -2.09. The molecule has 268 valence electrons. The van der Waals surface area contributed by atoms with E-state index >= 15 is 0 Å². The molecule has 2 aromatic heterocycles. The van der Waals surface area contributed by atoms with Crippen LogP contribution in [0.3, 0.4) is 0 Å². The Bertz CT molecular complexity index is 2140. The highest BCUT2D eigenvalue weighted by molar-refractivity contribution is 7.91. The molecule has 3 N–H and O–H groups in total. The average molecular weight is 754 g/mol. The van der Waals surface area contributed by atoms with E-state index in [2.05, 4.69) is 20.3 Å². The number of hydrogen-bond acceptors (Lipinski definition) is 11. The Labute approximate surface area is 299 Å². The molecule has 2 aliphatic heterocycles. The molecule has 0 radical (unpaired) electrons. The van der Waals surface area contributed by atoms with Crippen LogP contribution < -0.4 is 24.8 Å². The van der Waals surface area contributed by atoms with Crippen LogP contribution in [0.15, 0.2) is 88.1 Å². The van der Waals surface area contributed by atoms with Gasteiger partial charge in [-0.15, -0.1) is 11.3 Å². The van der Waals surface area contributed by atoms with E-state index in [0.29, 0.717) is 39.8 Å². The molecule has 4 aromatic rings. The minimum atomic E-state index is -4.14. The van der Waals surface area contributed by atoms with Crippen LogP contribution in [0.5, 0.6) is 11.5 Å². The molecule has 2 amide bonds. The molecule has 1 unspecified atom stereocenters. The highest BCUT2D eigenvalue weighted by Crippen LogP contribution is 2.39. The van der Waals surface area contributed by atoms with Gasteiger partial charge in [-0.2, -0.15) is 4.31 Å². The van der Waals surface area contributed by atoms with E-state index in [9.17, 15) is 31.2 Å². The van der Waals surface area contributed by atoms with Crippen LogP contribution in [0.4, 0.5) is 0 Å². The Morgan fingerprint density at radius 2 is 1.71 bits per heavy atom. The molecule has 0 aliphatic carbocycles. The average Bonchev–Trinajstić information content (AvgIpc) is 3.64. The number of nitrogens with zero attached hydrogens (tertiary/aromatic N) is 2. The van der Waals surface area contributed by atoms with Gasteiger partial charge in [0.15, 0.2) is 11.5 Å². The molecule has 0 fully saturated rings. The number of ketones is 1. The number of pyridine rings is 1. The molecular weight excluding hydrogens is 719 g/mol. The van der Waals surface area contributed by atoms with E-state index in [1.165, 1.54) is 12.1 Å². The number of hydrogen-bond donors (Lipinski definition) is 3. The number of likely N-dealkylation sites (N-methyl/N-ethyl adjacent to an activating group) is 1. The Balaban J connectivity index is 1.13. The molecule has 2 atom stereocenters. The monoisotopic (exact) mass is 753 g/mol. The van der Waals surface area contributed by atoms with Gasteiger partial charge in [0.25, 0.3) is 5.91 Å². The van der Waals surface area contributed by atoms with Gasteiger partial charge in [-0.1, -0.05) is 43.3 Å². The van der Waals surface area contributed by atoms with E-state index in [-0.39, 0.29) is 48.2 Å². The highest BCUT2D eigenvalue weighted by Gasteiger charge is 2.43. The lowest BCUT2D eigenvalue weighted by Gasteiger charge is -2.35. The van der Waals surface area contributed by atoms with Crippen molar-refractivity contribution in [2.75, 3.05) is 32.8 Å². The van der Waals surface area contributed by atoms with Crippen LogP contribution in [-0.4, -0.2) is 88.7 Å². The van der Waals surface area contributed by atoms with Crippen molar-refractivity contribution in [3.05, 3.63) is 90.1 Å². The highest BCUT2D eigenvalue weighted by atomic mass is 32.2. The molecule has 51 heavy (non-hydrogen) atoms. The van der Waals surface area contributed by atoms with Crippen molar-refractivity contribution in [2.24, 2.45) is 0 Å². The number of fused-ring (bicyclic) bond motifs is 2. The summed E-state index contributed by atoms with van der Waals surface area (Å²) < 4.78 is 67.9. The van der Waals surface area contributed by atoms with Gasteiger partial charge in [0.1, 0.15) is 29.5 Å². The number of sulfonamides is 2. The second-order valence-electron chi connectivity index (χ2n) is 11.6. The van der Waals surface area contributed by atoms with Crippen molar-refractivity contribution >= 4 is 49.0 Å². The zero-order valence-electron chi connectivity index (χ0n) is 27.4. The SMILES string of the molecule is CCN1C(C(=O)N[C@@H](Cc2ccccc2)C(=O)C(=O)NCCNS(=O)(=O)c2ccc(-c3ccccn3)s2)Cc2cc3c(cc2S1(=O)=O)OCCO3. The minimum absolute atomic E-state index is 0.00292.